The highest BCUT2D eigenvalue weighted by molar-refractivity contribution is 7.89. The van der Waals surface area contributed by atoms with Crippen LogP contribution < -0.4 is 5.73 Å². The number of sulfonamides is 1. The fourth-order valence-electron chi connectivity index (χ4n) is 1.97. The van der Waals surface area contributed by atoms with Gasteiger partial charge in [0.15, 0.2) is 0 Å². The van der Waals surface area contributed by atoms with Crippen molar-refractivity contribution in [3.8, 4) is 0 Å². The van der Waals surface area contributed by atoms with E-state index >= 15 is 0 Å². The Labute approximate surface area is 110 Å². The van der Waals surface area contributed by atoms with Gasteiger partial charge in [-0.25, -0.2) is 12.7 Å². The van der Waals surface area contributed by atoms with Crippen molar-refractivity contribution in [2.24, 2.45) is 5.73 Å². The maximum atomic E-state index is 12.1. The second-order valence-electron chi connectivity index (χ2n) is 4.92. The first-order valence-corrected chi connectivity index (χ1v) is 7.42. The molecule has 0 spiro atoms. The highest BCUT2D eigenvalue weighted by Gasteiger charge is 2.30. The van der Waals surface area contributed by atoms with Crippen LogP contribution in [0.25, 0.3) is 0 Å². The molecule has 0 bridgehead atoms. The van der Waals surface area contributed by atoms with Crippen molar-refractivity contribution in [2.75, 3.05) is 14.1 Å². The number of nitrogens with zero attached hydrogens (tertiary/aromatic N) is 1. The van der Waals surface area contributed by atoms with E-state index < -0.39 is 21.3 Å². The van der Waals surface area contributed by atoms with Crippen LogP contribution in [0, 0.1) is 13.8 Å². The molecule has 0 aromatic heterocycles. The first kappa shape index (κ1) is 15.1. The third-order valence-corrected chi connectivity index (χ3v) is 5.52. The Morgan fingerprint density at radius 2 is 1.78 bits per heavy atom. The molecule has 0 aliphatic heterocycles. The first-order valence-electron chi connectivity index (χ1n) is 5.92. The quantitative estimate of drug-likeness (QED) is 0.903. The van der Waals surface area contributed by atoms with Gasteiger partial charge in [-0.15, -0.1) is 0 Å². The number of benzene rings is 1. The van der Waals surface area contributed by atoms with E-state index in [0.29, 0.717) is 0 Å². The summed E-state index contributed by atoms with van der Waals surface area (Å²) in [5.74, 6) is 0. The van der Waals surface area contributed by atoms with Gasteiger partial charge in [0.05, 0.1) is 5.25 Å². The molecule has 0 aliphatic carbocycles. The molecule has 2 N–H and O–H groups in total. The normalized spacial score (nSPS) is 15.7. The molecule has 0 saturated carbocycles. The minimum absolute atomic E-state index is 0.516. The number of aryl methyl sites for hydroxylation is 2. The average Bonchev–Trinajstić information content (AvgIpc) is 2.26. The second-order valence-corrected chi connectivity index (χ2v) is 7.42. The van der Waals surface area contributed by atoms with E-state index in [1.807, 2.05) is 32.0 Å². The predicted octanol–water partition coefficient (Wildman–Crippen LogP) is 1.58. The summed E-state index contributed by atoms with van der Waals surface area (Å²) in [5.41, 5.74) is 9.17. The lowest BCUT2D eigenvalue weighted by molar-refractivity contribution is 0.494. The highest BCUT2D eigenvalue weighted by atomic mass is 32.2. The monoisotopic (exact) mass is 270 g/mol. The summed E-state index contributed by atoms with van der Waals surface area (Å²) < 4.78 is 25.4. The minimum Gasteiger partial charge on any atom is -0.323 e. The van der Waals surface area contributed by atoms with E-state index in [1.165, 1.54) is 18.4 Å². The van der Waals surface area contributed by atoms with Gasteiger partial charge in [-0.1, -0.05) is 23.8 Å². The van der Waals surface area contributed by atoms with E-state index in [0.717, 1.165) is 16.7 Å². The summed E-state index contributed by atoms with van der Waals surface area (Å²) in [7, 11) is -0.286. The lowest BCUT2D eigenvalue weighted by Crippen LogP contribution is -2.38. The maximum absolute atomic E-state index is 12.1. The van der Waals surface area contributed by atoms with Gasteiger partial charge in [0.1, 0.15) is 0 Å². The van der Waals surface area contributed by atoms with Crippen LogP contribution in [0.3, 0.4) is 0 Å². The Morgan fingerprint density at radius 3 is 2.22 bits per heavy atom. The number of rotatable bonds is 4. The zero-order chi connectivity index (χ0) is 14.1. The molecule has 0 heterocycles. The minimum atomic E-state index is -3.34. The summed E-state index contributed by atoms with van der Waals surface area (Å²) >= 11 is 0. The standard InChI is InChI=1S/C13H22N2O2S/c1-9-6-7-12(10(2)8-9)13(14)11(3)18(16,17)15(4)5/h6-8,11,13H,14H2,1-5H3. The fraction of sp³-hybridized carbons (Fsp3) is 0.538. The Balaban J connectivity index is 3.11. The summed E-state index contributed by atoms with van der Waals surface area (Å²) in [6.07, 6.45) is 0. The smallest absolute Gasteiger partial charge is 0.218 e. The zero-order valence-corrected chi connectivity index (χ0v) is 12.5. The van der Waals surface area contributed by atoms with Crippen LogP contribution >= 0.6 is 0 Å². The second kappa shape index (κ2) is 5.38. The number of hydrogen-bond donors (Lipinski definition) is 1. The Morgan fingerprint density at radius 1 is 1.22 bits per heavy atom. The van der Waals surface area contributed by atoms with Gasteiger partial charge >= 0.3 is 0 Å². The zero-order valence-electron chi connectivity index (χ0n) is 11.6. The number of nitrogens with two attached hydrogens (primary N) is 1. The van der Waals surface area contributed by atoms with E-state index in [-0.39, 0.29) is 0 Å². The van der Waals surface area contributed by atoms with Crippen LogP contribution in [0.2, 0.25) is 0 Å². The molecule has 2 atom stereocenters. The Bertz CT molecular complexity index is 524. The first-order chi connectivity index (χ1) is 8.17. The van der Waals surface area contributed by atoms with Crippen LogP contribution in [0.1, 0.15) is 29.7 Å². The molecular weight excluding hydrogens is 248 g/mol. The van der Waals surface area contributed by atoms with Crippen molar-refractivity contribution in [3.05, 3.63) is 34.9 Å². The molecule has 5 heteroatoms. The largest absolute Gasteiger partial charge is 0.323 e. The van der Waals surface area contributed by atoms with Gasteiger partial charge in [0, 0.05) is 20.1 Å². The molecule has 102 valence electrons. The van der Waals surface area contributed by atoms with Crippen LogP contribution in [0.5, 0.6) is 0 Å². The van der Waals surface area contributed by atoms with Crippen LogP contribution in [-0.2, 0) is 10.0 Å². The van der Waals surface area contributed by atoms with Gasteiger partial charge in [0.25, 0.3) is 0 Å². The summed E-state index contributed by atoms with van der Waals surface area (Å²) in [6.45, 7) is 5.61. The number of hydrogen-bond acceptors (Lipinski definition) is 3. The molecule has 1 rings (SSSR count). The highest BCUT2D eigenvalue weighted by Crippen LogP contribution is 2.24. The van der Waals surface area contributed by atoms with E-state index in [9.17, 15) is 8.42 Å². The Hall–Kier alpha value is -0.910. The molecule has 0 saturated heterocycles. The van der Waals surface area contributed by atoms with Crippen LogP contribution in [0.4, 0.5) is 0 Å². The van der Waals surface area contributed by atoms with Crippen molar-refractivity contribution in [2.45, 2.75) is 32.1 Å². The lowest BCUT2D eigenvalue weighted by Gasteiger charge is -2.25. The lowest BCUT2D eigenvalue weighted by atomic mass is 9.98. The third-order valence-electron chi connectivity index (χ3n) is 3.27. The summed E-state index contributed by atoms with van der Waals surface area (Å²) in [5, 5.41) is -0.645. The van der Waals surface area contributed by atoms with Crippen molar-refractivity contribution in [3.63, 3.8) is 0 Å². The molecule has 0 amide bonds. The van der Waals surface area contributed by atoms with Crippen molar-refractivity contribution < 1.29 is 8.42 Å². The van der Waals surface area contributed by atoms with Gasteiger partial charge in [0.2, 0.25) is 10.0 Å². The molecule has 0 fully saturated rings. The average molecular weight is 270 g/mol. The molecule has 18 heavy (non-hydrogen) atoms. The molecule has 1 aromatic rings. The van der Waals surface area contributed by atoms with Crippen molar-refractivity contribution in [1.82, 2.24) is 4.31 Å². The van der Waals surface area contributed by atoms with Gasteiger partial charge < -0.3 is 5.73 Å². The van der Waals surface area contributed by atoms with Gasteiger partial charge in [-0.2, -0.15) is 0 Å². The van der Waals surface area contributed by atoms with E-state index in [4.69, 9.17) is 5.73 Å². The summed E-state index contributed by atoms with van der Waals surface area (Å²) in [4.78, 5) is 0. The Kier molecular flexibility index (Phi) is 4.53. The predicted molar refractivity (Wildman–Crippen MR) is 74.9 cm³/mol. The van der Waals surface area contributed by atoms with Crippen molar-refractivity contribution >= 4 is 10.0 Å². The molecule has 4 nitrogen and oxygen atoms in total. The fourth-order valence-corrected chi connectivity index (χ4v) is 3.15. The van der Waals surface area contributed by atoms with Gasteiger partial charge in [-0.3, -0.25) is 0 Å². The molecular formula is C13H22N2O2S. The molecule has 2 unspecified atom stereocenters. The van der Waals surface area contributed by atoms with E-state index in [1.54, 1.807) is 6.92 Å². The molecule has 0 radical (unpaired) electrons. The van der Waals surface area contributed by atoms with Crippen LogP contribution in [-0.4, -0.2) is 32.1 Å². The SMILES string of the molecule is Cc1ccc(C(N)C(C)S(=O)(=O)N(C)C)c(C)c1. The topological polar surface area (TPSA) is 63.4 Å². The molecule has 0 aliphatic rings. The summed E-state index contributed by atoms with van der Waals surface area (Å²) in [6, 6.07) is 5.37. The molecule has 1 aromatic carbocycles. The van der Waals surface area contributed by atoms with Crippen LogP contribution in [0.15, 0.2) is 18.2 Å². The van der Waals surface area contributed by atoms with E-state index in [2.05, 4.69) is 0 Å². The van der Waals surface area contributed by atoms with Gasteiger partial charge in [-0.05, 0) is 31.9 Å². The third kappa shape index (κ3) is 2.91. The maximum Gasteiger partial charge on any atom is 0.218 e. The van der Waals surface area contributed by atoms with Crippen molar-refractivity contribution in [1.29, 1.82) is 0 Å².